The van der Waals surface area contributed by atoms with Crippen molar-refractivity contribution in [1.29, 1.82) is 0 Å². The van der Waals surface area contributed by atoms with Crippen LogP contribution in [0.25, 0.3) is 0 Å². The summed E-state index contributed by atoms with van der Waals surface area (Å²) in [4.78, 5) is 22.3. The number of carboxylic acids is 1. The molecule has 19 heavy (non-hydrogen) atoms. The lowest BCUT2D eigenvalue weighted by Gasteiger charge is -2.31. The van der Waals surface area contributed by atoms with Gasteiger partial charge in [-0.3, -0.25) is 4.79 Å². The molecule has 1 fully saturated rings. The van der Waals surface area contributed by atoms with Crippen LogP contribution in [-0.4, -0.2) is 29.2 Å². The summed E-state index contributed by atoms with van der Waals surface area (Å²) in [7, 11) is 0. The number of rotatable bonds is 6. The Hall–Kier alpha value is -1.26. The van der Waals surface area contributed by atoms with Crippen molar-refractivity contribution < 1.29 is 14.7 Å². The predicted molar refractivity (Wildman–Crippen MR) is 74.0 cm³/mol. The Balaban J connectivity index is 2.31. The van der Waals surface area contributed by atoms with Crippen LogP contribution in [0.2, 0.25) is 0 Å². The van der Waals surface area contributed by atoms with Crippen molar-refractivity contribution in [2.75, 3.05) is 0 Å². The number of carbonyl (C=O) groups excluding carboxylic acids is 1. The summed E-state index contributed by atoms with van der Waals surface area (Å²) < 4.78 is 0. The molecule has 1 aliphatic rings. The van der Waals surface area contributed by atoms with Gasteiger partial charge >= 0.3 is 12.0 Å². The summed E-state index contributed by atoms with van der Waals surface area (Å²) in [6, 6.07) is -0.00608. The maximum absolute atomic E-state index is 11.9. The van der Waals surface area contributed by atoms with Gasteiger partial charge in [-0.25, -0.2) is 4.79 Å². The zero-order valence-corrected chi connectivity index (χ0v) is 11.9. The van der Waals surface area contributed by atoms with E-state index in [0.29, 0.717) is 12.3 Å². The number of hydrogen-bond donors (Lipinski definition) is 3. The van der Waals surface area contributed by atoms with Gasteiger partial charge < -0.3 is 15.7 Å². The summed E-state index contributed by atoms with van der Waals surface area (Å²) in [5, 5.41) is 14.5. The molecule has 5 heteroatoms. The molecule has 0 heterocycles. The fraction of sp³-hybridized carbons (Fsp3) is 0.857. The number of nitrogens with one attached hydrogen (secondary N) is 2. The molecule has 2 amide bonds. The quantitative estimate of drug-likeness (QED) is 0.694. The first kappa shape index (κ1) is 15.8. The van der Waals surface area contributed by atoms with Crippen molar-refractivity contribution in [1.82, 2.24) is 10.6 Å². The highest BCUT2D eigenvalue weighted by atomic mass is 16.4. The fourth-order valence-corrected chi connectivity index (χ4v) is 2.73. The second kappa shape index (κ2) is 8.02. The molecular formula is C14H26N2O3. The van der Waals surface area contributed by atoms with Crippen LogP contribution in [0, 0.1) is 5.92 Å². The predicted octanol–water partition coefficient (Wildman–Crippen LogP) is 2.51. The molecule has 3 N–H and O–H groups in total. The smallest absolute Gasteiger partial charge is 0.315 e. The average molecular weight is 270 g/mol. The Morgan fingerprint density at radius 3 is 2.63 bits per heavy atom. The van der Waals surface area contributed by atoms with Crippen molar-refractivity contribution in [2.45, 2.75) is 70.9 Å². The van der Waals surface area contributed by atoms with E-state index >= 15 is 0 Å². The highest BCUT2D eigenvalue weighted by Crippen LogP contribution is 2.26. The molecule has 0 saturated heterocycles. The number of aliphatic carboxylic acids is 1. The maximum Gasteiger partial charge on any atom is 0.315 e. The molecule has 1 aliphatic carbocycles. The second-order valence-corrected chi connectivity index (χ2v) is 5.51. The summed E-state index contributed by atoms with van der Waals surface area (Å²) in [6.45, 7) is 4.00. The second-order valence-electron chi connectivity index (χ2n) is 5.51. The Labute approximate surface area is 115 Å². The van der Waals surface area contributed by atoms with Crippen LogP contribution in [0.1, 0.15) is 58.8 Å². The van der Waals surface area contributed by atoms with E-state index in [1.165, 1.54) is 19.3 Å². The van der Waals surface area contributed by atoms with Gasteiger partial charge in [-0.05, 0) is 32.1 Å². The molecule has 1 rings (SSSR count). The van der Waals surface area contributed by atoms with Gasteiger partial charge in [0.1, 0.15) is 0 Å². The lowest BCUT2D eigenvalue weighted by molar-refractivity contribution is -0.137. The molecule has 0 aromatic carbocycles. The molecule has 0 bridgehead atoms. The molecule has 3 atom stereocenters. The lowest BCUT2D eigenvalue weighted by atomic mass is 9.83. The monoisotopic (exact) mass is 270 g/mol. The van der Waals surface area contributed by atoms with E-state index in [1.54, 1.807) is 0 Å². The first-order chi connectivity index (χ1) is 9.02. The summed E-state index contributed by atoms with van der Waals surface area (Å²) in [5.41, 5.74) is 0. The largest absolute Gasteiger partial charge is 0.481 e. The molecule has 110 valence electrons. The van der Waals surface area contributed by atoms with Crippen LogP contribution in [0.4, 0.5) is 4.79 Å². The minimum atomic E-state index is -0.826. The summed E-state index contributed by atoms with van der Waals surface area (Å²) >= 11 is 0. The molecule has 3 unspecified atom stereocenters. The molecular weight excluding hydrogens is 244 g/mol. The van der Waals surface area contributed by atoms with Crippen molar-refractivity contribution in [2.24, 2.45) is 5.92 Å². The fourth-order valence-electron chi connectivity index (χ4n) is 2.73. The van der Waals surface area contributed by atoms with E-state index < -0.39 is 5.97 Å². The highest BCUT2D eigenvalue weighted by Gasteiger charge is 2.25. The van der Waals surface area contributed by atoms with Crippen molar-refractivity contribution in [3.05, 3.63) is 0 Å². The molecule has 0 aromatic heterocycles. The summed E-state index contributed by atoms with van der Waals surface area (Å²) in [6.07, 6.45) is 6.32. The Morgan fingerprint density at radius 2 is 2.00 bits per heavy atom. The van der Waals surface area contributed by atoms with Gasteiger partial charge in [0.15, 0.2) is 0 Å². The van der Waals surface area contributed by atoms with E-state index in [9.17, 15) is 9.59 Å². The van der Waals surface area contributed by atoms with Crippen LogP contribution < -0.4 is 10.6 Å². The third kappa shape index (κ3) is 5.94. The van der Waals surface area contributed by atoms with Crippen LogP contribution in [-0.2, 0) is 4.79 Å². The Bertz CT molecular complexity index is 307. The minimum Gasteiger partial charge on any atom is -0.481 e. The van der Waals surface area contributed by atoms with Crippen molar-refractivity contribution >= 4 is 12.0 Å². The number of urea groups is 1. The van der Waals surface area contributed by atoms with E-state index in [2.05, 4.69) is 17.6 Å². The molecule has 0 aromatic rings. The maximum atomic E-state index is 11.9. The molecule has 1 saturated carbocycles. The van der Waals surface area contributed by atoms with E-state index in [4.69, 9.17) is 5.11 Å². The zero-order valence-electron chi connectivity index (χ0n) is 11.9. The SMILES string of the molecule is CCC1CCCCC1NC(=O)NC(C)CCC(=O)O. The van der Waals surface area contributed by atoms with Gasteiger partial charge in [-0.15, -0.1) is 0 Å². The van der Waals surface area contributed by atoms with Crippen LogP contribution in [0.5, 0.6) is 0 Å². The van der Waals surface area contributed by atoms with Crippen LogP contribution >= 0.6 is 0 Å². The van der Waals surface area contributed by atoms with E-state index in [-0.39, 0.29) is 24.5 Å². The first-order valence-corrected chi connectivity index (χ1v) is 7.31. The number of hydrogen-bond acceptors (Lipinski definition) is 2. The standard InChI is InChI=1S/C14H26N2O3/c1-3-11-6-4-5-7-12(11)16-14(19)15-10(2)8-9-13(17)18/h10-12H,3-9H2,1-2H3,(H,17,18)(H2,15,16,19). The topological polar surface area (TPSA) is 78.4 Å². The van der Waals surface area contributed by atoms with Gasteiger partial charge in [-0.2, -0.15) is 0 Å². The number of amides is 2. The van der Waals surface area contributed by atoms with Crippen LogP contribution in [0.3, 0.4) is 0 Å². The van der Waals surface area contributed by atoms with Gasteiger partial charge in [0.2, 0.25) is 0 Å². The lowest BCUT2D eigenvalue weighted by Crippen LogP contribution is -2.48. The molecule has 0 spiro atoms. The van der Waals surface area contributed by atoms with Gasteiger partial charge in [0, 0.05) is 18.5 Å². The number of carboxylic acid groups (broad SMARTS) is 1. The normalized spacial score (nSPS) is 24.5. The number of carbonyl (C=O) groups is 2. The van der Waals surface area contributed by atoms with Crippen LogP contribution in [0.15, 0.2) is 0 Å². The third-order valence-electron chi connectivity index (χ3n) is 3.92. The van der Waals surface area contributed by atoms with Crippen molar-refractivity contribution in [3.63, 3.8) is 0 Å². The Morgan fingerprint density at radius 1 is 1.32 bits per heavy atom. The summed E-state index contributed by atoms with van der Waals surface area (Å²) in [5.74, 6) is -0.249. The van der Waals surface area contributed by atoms with Gasteiger partial charge in [0.05, 0.1) is 0 Å². The molecule has 0 aliphatic heterocycles. The average Bonchev–Trinajstić information content (AvgIpc) is 2.37. The van der Waals surface area contributed by atoms with Gasteiger partial charge in [0.25, 0.3) is 0 Å². The molecule has 0 radical (unpaired) electrons. The zero-order chi connectivity index (χ0) is 14.3. The highest BCUT2D eigenvalue weighted by molar-refractivity contribution is 5.74. The Kier molecular flexibility index (Phi) is 6.67. The first-order valence-electron chi connectivity index (χ1n) is 7.31. The van der Waals surface area contributed by atoms with E-state index in [1.807, 2.05) is 6.92 Å². The van der Waals surface area contributed by atoms with Crippen molar-refractivity contribution in [3.8, 4) is 0 Å². The molecule has 5 nitrogen and oxygen atoms in total. The van der Waals surface area contributed by atoms with Gasteiger partial charge in [-0.1, -0.05) is 26.2 Å². The third-order valence-corrected chi connectivity index (χ3v) is 3.92. The van der Waals surface area contributed by atoms with E-state index in [0.717, 1.165) is 12.8 Å². The minimum absolute atomic E-state index is 0.0858.